The second-order valence-corrected chi connectivity index (χ2v) is 5.02. The second-order valence-electron chi connectivity index (χ2n) is 4.24. The maximum atomic E-state index is 5.18. The molecule has 0 aliphatic carbocycles. The Bertz CT molecular complexity index is 522. The molecule has 0 unspecified atom stereocenters. The fraction of sp³-hybridized carbons (Fsp3) is 0.429. The van der Waals surface area contributed by atoms with Crippen LogP contribution in [0.3, 0.4) is 0 Å². The first-order valence-corrected chi connectivity index (χ1v) is 7.64. The molecule has 0 amide bonds. The van der Waals surface area contributed by atoms with Gasteiger partial charge in [0.25, 0.3) is 0 Å². The molecule has 0 atom stereocenters. The van der Waals surface area contributed by atoms with E-state index in [2.05, 4.69) is 21.7 Å². The van der Waals surface area contributed by atoms with E-state index in [-0.39, 0.29) is 0 Å². The van der Waals surface area contributed by atoms with Crippen LogP contribution in [0.5, 0.6) is 5.75 Å². The van der Waals surface area contributed by atoms with Gasteiger partial charge in [0.1, 0.15) is 5.75 Å². The van der Waals surface area contributed by atoms with Crippen molar-refractivity contribution in [1.82, 2.24) is 14.8 Å². The Labute approximate surface area is 118 Å². The van der Waals surface area contributed by atoms with Crippen molar-refractivity contribution in [2.75, 3.05) is 13.4 Å². The maximum absolute atomic E-state index is 5.18. The summed E-state index contributed by atoms with van der Waals surface area (Å²) in [7, 11) is 1.67. The summed E-state index contributed by atoms with van der Waals surface area (Å²) in [6.07, 6.45) is 4.33. The molecule has 4 nitrogen and oxygen atoms in total. The molecule has 0 N–H and O–H groups in total. The van der Waals surface area contributed by atoms with Gasteiger partial charge in [0, 0.05) is 12.1 Å². The van der Waals surface area contributed by atoms with Gasteiger partial charge in [-0.05, 0) is 36.9 Å². The summed E-state index contributed by atoms with van der Waals surface area (Å²) in [5, 5.41) is 9.54. The zero-order chi connectivity index (χ0) is 13.7. The minimum Gasteiger partial charge on any atom is -0.497 e. The summed E-state index contributed by atoms with van der Waals surface area (Å²) in [5.41, 5.74) is 1.07. The molecule has 2 rings (SSSR count). The van der Waals surface area contributed by atoms with Gasteiger partial charge in [-0.1, -0.05) is 25.1 Å². The Morgan fingerprint density at radius 1 is 1.21 bits per heavy atom. The zero-order valence-electron chi connectivity index (χ0n) is 11.6. The van der Waals surface area contributed by atoms with Crippen LogP contribution >= 0.6 is 11.8 Å². The number of thioether (sulfide) groups is 1. The van der Waals surface area contributed by atoms with Crippen molar-refractivity contribution in [2.24, 2.45) is 0 Å². The lowest BCUT2D eigenvalue weighted by Gasteiger charge is -2.08. The summed E-state index contributed by atoms with van der Waals surface area (Å²) in [6, 6.07) is 7.95. The SMILES string of the molecule is CCCCn1c(SC)nnc1-c1ccc(OC)cc1. The summed E-state index contributed by atoms with van der Waals surface area (Å²) < 4.78 is 7.37. The molecule has 102 valence electrons. The number of ether oxygens (including phenoxy) is 1. The molecule has 0 saturated carbocycles. The number of benzene rings is 1. The molecule has 0 radical (unpaired) electrons. The average molecular weight is 277 g/mol. The van der Waals surface area contributed by atoms with Gasteiger partial charge in [-0.3, -0.25) is 0 Å². The molecule has 1 aromatic carbocycles. The fourth-order valence-corrected chi connectivity index (χ4v) is 2.43. The van der Waals surface area contributed by atoms with Gasteiger partial charge in [0.2, 0.25) is 0 Å². The van der Waals surface area contributed by atoms with Crippen molar-refractivity contribution < 1.29 is 4.74 Å². The van der Waals surface area contributed by atoms with E-state index < -0.39 is 0 Å². The highest BCUT2D eigenvalue weighted by Crippen LogP contribution is 2.25. The Balaban J connectivity index is 2.34. The molecule has 2 aromatic rings. The first-order valence-electron chi connectivity index (χ1n) is 6.41. The predicted octanol–water partition coefficient (Wildman–Crippen LogP) is 3.48. The van der Waals surface area contributed by atoms with Crippen molar-refractivity contribution in [1.29, 1.82) is 0 Å². The Morgan fingerprint density at radius 3 is 2.53 bits per heavy atom. The molecule has 5 heteroatoms. The number of nitrogens with zero attached hydrogens (tertiary/aromatic N) is 3. The lowest BCUT2D eigenvalue weighted by Crippen LogP contribution is -2.02. The molecule has 0 saturated heterocycles. The van der Waals surface area contributed by atoms with Gasteiger partial charge in [0.05, 0.1) is 7.11 Å². The number of methoxy groups -OCH3 is 1. The molecular weight excluding hydrogens is 258 g/mol. The van der Waals surface area contributed by atoms with Crippen LogP contribution in [0, 0.1) is 0 Å². The smallest absolute Gasteiger partial charge is 0.191 e. The second kappa shape index (κ2) is 6.61. The molecule has 0 fully saturated rings. The van der Waals surface area contributed by atoms with Crippen molar-refractivity contribution in [3.05, 3.63) is 24.3 Å². The van der Waals surface area contributed by atoms with E-state index >= 15 is 0 Å². The molecule has 0 bridgehead atoms. The highest BCUT2D eigenvalue weighted by atomic mass is 32.2. The Hall–Kier alpha value is -1.49. The minimum atomic E-state index is 0.855. The van der Waals surface area contributed by atoms with Gasteiger partial charge >= 0.3 is 0 Å². The Morgan fingerprint density at radius 2 is 1.95 bits per heavy atom. The zero-order valence-corrected chi connectivity index (χ0v) is 12.4. The molecule has 19 heavy (non-hydrogen) atoms. The van der Waals surface area contributed by atoms with E-state index in [4.69, 9.17) is 4.74 Å². The van der Waals surface area contributed by atoms with E-state index in [0.29, 0.717) is 0 Å². The van der Waals surface area contributed by atoms with Crippen molar-refractivity contribution in [3.63, 3.8) is 0 Å². The van der Waals surface area contributed by atoms with E-state index in [1.54, 1.807) is 18.9 Å². The van der Waals surface area contributed by atoms with Crippen molar-refractivity contribution >= 4 is 11.8 Å². The Kier molecular flexibility index (Phi) is 4.85. The summed E-state index contributed by atoms with van der Waals surface area (Å²) in [6.45, 7) is 3.15. The monoisotopic (exact) mass is 277 g/mol. The van der Waals surface area contributed by atoms with Crippen LogP contribution in [-0.4, -0.2) is 28.1 Å². The quantitative estimate of drug-likeness (QED) is 0.758. The number of rotatable bonds is 6. The molecular formula is C14H19N3OS. The van der Waals surface area contributed by atoms with Crippen LogP contribution < -0.4 is 4.74 Å². The third-order valence-electron chi connectivity index (χ3n) is 2.98. The van der Waals surface area contributed by atoms with Gasteiger partial charge in [0.15, 0.2) is 11.0 Å². The largest absolute Gasteiger partial charge is 0.497 e. The number of hydrogen-bond acceptors (Lipinski definition) is 4. The molecule has 0 aliphatic heterocycles. The lowest BCUT2D eigenvalue weighted by molar-refractivity contribution is 0.415. The van der Waals surface area contributed by atoms with E-state index in [1.807, 2.05) is 30.5 Å². The number of hydrogen-bond donors (Lipinski definition) is 0. The first kappa shape index (κ1) is 13.9. The van der Waals surface area contributed by atoms with E-state index in [1.165, 1.54) is 0 Å². The topological polar surface area (TPSA) is 39.9 Å². The fourth-order valence-electron chi connectivity index (χ4n) is 1.91. The van der Waals surface area contributed by atoms with Crippen molar-refractivity contribution in [2.45, 2.75) is 31.5 Å². The molecule has 1 heterocycles. The van der Waals surface area contributed by atoms with Crippen LogP contribution in [-0.2, 0) is 6.54 Å². The number of unbranched alkanes of at least 4 members (excludes halogenated alkanes) is 1. The highest BCUT2D eigenvalue weighted by molar-refractivity contribution is 7.98. The van der Waals surface area contributed by atoms with Crippen LogP contribution in [0.25, 0.3) is 11.4 Å². The standard InChI is InChI=1S/C14H19N3OS/c1-4-5-10-17-13(15-16-14(17)19-3)11-6-8-12(18-2)9-7-11/h6-9H,4-5,10H2,1-3H3. The predicted molar refractivity (Wildman–Crippen MR) is 78.7 cm³/mol. The molecule has 0 spiro atoms. The van der Waals surface area contributed by atoms with Crippen LogP contribution in [0.15, 0.2) is 29.4 Å². The van der Waals surface area contributed by atoms with Gasteiger partial charge < -0.3 is 9.30 Å². The van der Waals surface area contributed by atoms with Gasteiger partial charge in [-0.15, -0.1) is 10.2 Å². The van der Waals surface area contributed by atoms with Crippen LogP contribution in [0.2, 0.25) is 0 Å². The first-order chi connectivity index (χ1) is 9.30. The van der Waals surface area contributed by atoms with Crippen molar-refractivity contribution in [3.8, 4) is 17.1 Å². The van der Waals surface area contributed by atoms with Crippen LogP contribution in [0.1, 0.15) is 19.8 Å². The van der Waals surface area contributed by atoms with Crippen LogP contribution in [0.4, 0.5) is 0 Å². The minimum absolute atomic E-state index is 0.855. The van der Waals surface area contributed by atoms with Gasteiger partial charge in [-0.25, -0.2) is 0 Å². The molecule has 0 aliphatic rings. The van der Waals surface area contributed by atoms with E-state index in [9.17, 15) is 0 Å². The summed E-state index contributed by atoms with van der Waals surface area (Å²) >= 11 is 1.63. The third-order valence-corrected chi connectivity index (χ3v) is 3.65. The molecule has 1 aromatic heterocycles. The summed E-state index contributed by atoms with van der Waals surface area (Å²) in [5.74, 6) is 1.79. The summed E-state index contributed by atoms with van der Waals surface area (Å²) in [4.78, 5) is 0. The van der Waals surface area contributed by atoms with Gasteiger partial charge in [-0.2, -0.15) is 0 Å². The lowest BCUT2D eigenvalue weighted by atomic mass is 10.2. The average Bonchev–Trinajstić information content (AvgIpc) is 2.88. The maximum Gasteiger partial charge on any atom is 0.191 e. The normalized spacial score (nSPS) is 10.7. The third kappa shape index (κ3) is 3.10. The number of aromatic nitrogens is 3. The highest BCUT2D eigenvalue weighted by Gasteiger charge is 2.12. The van der Waals surface area contributed by atoms with E-state index in [0.717, 1.165) is 41.7 Å².